The minimum atomic E-state index is -1.94. The van der Waals surface area contributed by atoms with E-state index in [4.69, 9.17) is 15.5 Å². The molecule has 10 heteroatoms. The van der Waals surface area contributed by atoms with Crippen molar-refractivity contribution in [2.45, 2.75) is 52.4 Å². The van der Waals surface area contributed by atoms with Gasteiger partial charge in [0.15, 0.2) is 5.60 Å². The molecule has 9 nitrogen and oxygen atoms in total. The third-order valence-electron chi connectivity index (χ3n) is 7.60. The highest BCUT2D eigenvalue weighted by molar-refractivity contribution is 5.92. The first-order chi connectivity index (χ1) is 18.6. The third kappa shape index (κ3) is 4.18. The standard InChI is InChI=1S/C29H29FN4O5/c1-4-29(38)21-11-24-26-19(14-34(24)27(36)20(21)15-39-28(29)37)17(8-6-7-9-33(5-2)25(35)13-31)18-10-16(3)22(30)12-23(18)32-26/h10-12,38H,4-5,7,9,13-15,31H2,1-3H3/t29-/m0/s1. The second-order valence-corrected chi connectivity index (χ2v) is 9.76. The zero-order valence-electron chi connectivity index (χ0n) is 22.1. The molecule has 3 aromatic rings. The first kappa shape index (κ1) is 26.5. The molecule has 0 spiro atoms. The summed E-state index contributed by atoms with van der Waals surface area (Å²) in [6.45, 7) is 5.97. The number of benzene rings is 1. The van der Waals surface area contributed by atoms with Gasteiger partial charge in [-0.3, -0.25) is 9.59 Å². The molecule has 2 aliphatic rings. The number of ether oxygens (including phenoxy) is 1. The number of amides is 1. The van der Waals surface area contributed by atoms with Crippen molar-refractivity contribution in [1.29, 1.82) is 0 Å². The van der Waals surface area contributed by atoms with Gasteiger partial charge in [-0.05, 0) is 38.0 Å². The van der Waals surface area contributed by atoms with Crippen LogP contribution in [0.15, 0.2) is 23.0 Å². The Morgan fingerprint density at radius 3 is 2.74 bits per heavy atom. The van der Waals surface area contributed by atoms with E-state index in [2.05, 4.69) is 11.8 Å². The molecule has 1 aromatic carbocycles. The number of nitrogens with two attached hydrogens (primary N) is 1. The largest absolute Gasteiger partial charge is 0.458 e. The summed E-state index contributed by atoms with van der Waals surface area (Å²) in [6, 6.07) is 4.65. The van der Waals surface area contributed by atoms with Crippen LogP contribution in [-0.4, -0.2) is 51.1 Å². The molecule has 1 atom stereocenters. The molecule has 0 bridgehead atoms. The lowest BCUT2D eigenvalue weighted by Crippen LogP contribution is -2.44. The van der Waals surface area contributed by atoms with Crippen LogP contribution in [0.25, 0.3) is 22.3 Å². The molecular formula is C29H29FN4O5. The number of esters is 1. The van der Waals surface area contributed by atoms with Crippen LogP contribution in [0.1, 0.15) is 54.5 Å². The molecule has 2 aromatic heterocycles. The Morgan fingerprint density at radius 2 is 2.05 bits per heavy atom. The fourth-order valence-electron chi connectivity index (χ4n) is 5.28. The minimum Gasteiger partial charge on any atom is -0.458 e. The van der Waals surface area contributed by atoms with Crippen LogP contribution < -0.4 is 11.3 Å². The summed E-state index contributed by atoms with van der Waals surface area (Å²) >= 11 is 0. The lowest BCUT2D eigenvalue weighted by Gasteiger charge is -2.31. The summed E-state index contributed by atoms with van der Waals surface area (Å²) in [5, 5.41) is 11.8. The predicted molar refractivity (Wildman–Crippen MR) is 142 cm³/mol. The monoisotopic (exact) mass is 532 g/mol. The van der Waals surface area contributed by atoms with Gasteiger partial charge < -0.3 is 25.0 Å². The van der Waals surface area contributed by atoms with Gasteiger partial charge in [-0.1, -0.05) is 18.8 Å². The molecule has 1 amide bonds. The van der Waals surface area contributed by atoms with E-state index in [-0.39, 0.29) is 48.7 Å². The number of nitrogens with zero attached hydrogens (tertiary/aromatic N) is 3. The number of fused-ring (bicyclic) bond motifs is 5. The van der Waals surface area contributed by atoms with Gasteiger partial charge in [0, 0.05) is 47.7 Å². The molecule has 0 radical (unpaired) electrons. The number of likely N-dealkylation sites (N-methyl/N-ethyl adjacent to an activating group) is 1. The number of cyclic esters (lactones) is 1. The van der Waals surface area contributed by atoms with E-state index in [1.807, 2.05) is 6.92 Å². The van der Waals surface area contributed by atoms with Crippen molar-refractivity contribution in [2.75, 3.05) is 19.6 Å². The van der Waals surface area contributed by atoms with Crippen molar-refractivity contribution >= 4 is 22.8 Å². The van der Waals surface area contributed by atoms with Gasteiger partial charge in [-0.2, -0.15) is 0 Å². The van der Waals surface area contributed by atoms with Crippen molar-refractivity contribution in [3.8, 4) is 23.2 Å². The molecule has 0 aliphatic carbocycles. The summed E-state index contributed by atoms with van der Waals surface area (Å²) in [5.74, 6) is 4.95. The maximum atomic E-state index is 14.6. The van der Waals surface area contributed by atoms with Gasteiger partial charge in [0.1, 0.15) is 12.4 Å². The maximum absolute atomic E-state index is 14.6. The van der Waals surface area contributed by atoms with Crippen molar-refractivity contribution in [1.82, 2.24) is 14.5 Å². The highest BCUT2D eigenvalue weighted by atomic mass is 19.1. The number of carbonyl (C=O) groups is 2. The summed E-state index contributed by atoms with van der Waals surface area (Å²) in [5.41, 5.74) is 6.58. The Bertz CT molecular complexity index is 1670. The number of hydrogen-bond acceptors (Lipinski definition) is 7. The van der Waals surface area contributed by atoms with Crippen molar-refractivity contribution in [3.63, 3.8) is 0 Å². The molecule has 4 heterocycles. The predicted octanol–water partition coefficient (Wildman–Crippen LogP) is 2.08. The molecule has 39 heavy (non-hydrogen) atoms. The molecule has 2 aliphatic heterocycles. The summed E-state index contributed by atoms with van der Waals surface area (Å²) in [7, 11) is 0. The molecule has 0 saturated heterocycles. The molecule has 3 N–H and O–H groups in total. The van der Waals surface area contributed by atoms with Gasteiger partial charge in [0.25, 0.3) is 5.56 Å². The van der Waals surface area contributed by atoms with E-state index in [0.29, 0.717) is 58.5 Å². The van der Waals surface area contributed by atoms with Crippen molar-refractivity contribution < 1.29 is 23.8 Å². The van der Waals surface area contributed by atoms with Crippen LogP contribution in [0.4, 0.5) is 4.39 Å². The van der Waals surface area contributed by atoms with Gasteiger partial charge in [0.2, 0.25) is 5.91 Å². The third-order valence-corrected chi connectivity index (χ3v) is 7.60. The normalized spacial score (nSPS) is 17.1. The summed E-state index contributed by atoms with van der Waals surface area (Å²) < 4.78 is 21.3. The molecule has 0 saturated carbocycles. The molecule has 202 valence electrons. The minimum absolute atomic E-state index is 0.0301. The zero-order valence-corrected chi connectivity index (χ0v) is 22.1. The molecule has 0 fully saturated rings. The van der Waals surface area contributed by atoms with Crippen LogP contribution in [-0.2, 0) is 33.1 Å². The Morgan fingerprint density at radius 1 is 1.28 bits per heavy atom. The first-order valence-corrected chi connectivity index (χ1v) is 12.9. The van der Waals surface area contributed by atoms with Gasteiger partial charge in [-0.15, -0.1) is 0 Å². The number of aromatic nitrogens is 2. The second kappa shape index (κ2) is 9.91. The quantitative estimate of drug-likeness (QED) is 0.298. The van der Waals surface area contributed by atoms with Crippen LogP contribution in [0.3, 0.4) is 0 Å². The molecule has 0 unspecified atom stereocenters. The smallest absolute Gasteiger partial charge is 0.343 e. The number of aliphatic hydroxyl groups is 1. The van der Waals surface area contributed by atoms with E-state index in [0.717, 1.165) is 0 Å². The molecular weight excluding hydrogens is 503 g/mol. The van der Waals surface area contributed by atoms with Crippen molar-refractivity contribution in [3.05, 3.63) is 62.2 Å². The van der Waals surface area contributed by atoms with Crippen LogP contribution in [0.5, 0.6) is 0 Å². The SMILES string of the molecule is CCN(CCC#Cc1c2c(nc3cc(F)c(C)cc13)-c1cc3c(c(=O)n1C2)COC(=O)[C@]3(O)CC)C(=O)CN. The van der Waals surface area contributed by atoms with E-state index in [1.54, 1.807) is 30.9 Å². The number of pyridine rings is 2. The van der Waals surface area contributed by atoms with E-state index in [9.17, 15) is 23.9 Å². The van der Waals surface area contributed by atoms with Crippen LogP contribution >= 0.6 is 0 Å². The number of aryl methyl sites for hydroxylation is 1. The van der Waals surface area contributed by atoms with E-state index in [1.165, 1.54) is 10.6 Å². The van der Waals surface area contributed by atoms with Gasteiger partial charge in [0.05, 0.1) is 35.6 Å². The summed E-state index contributed by atoms with van der Waals surface area (Å²) in [4.78, 5) is 44.3. The Kier molecular flexibility index (Phi) is 6.74. The number of rotatable bonds is 5. The van der Waals surface area contributed by atoms with Crippen molar-refractivity contribution in [2.24, 2.45) is 5.73 Å². The molecule has 5 rings (SSSR count). The lowest BCUT2D eigenvalue weighted by atomic mass is 9.86. The van der Waals surface area contributed by atoms with E-state index < -0.39 is 17.4 Å². The topological polar surface area (TPSA) is 128 Å². The average molecular weight is 533 g/mol. The number of hydrogen-bond donors (Lipinski definition) is 2. The highest BCUT2D eigenvalue weighted by Crippen LogP contribution is 2.40. The fourth-order valence-corrected chi connectivity index (χ4v) is 5.28. The Balaban J connectivity index is 1.67. The Hall–Kier alpha value is -4.07. The summed E-state index contributed by atoms with van der Waals surface area (Å²) in [6.07, 6.45) is 0.422. The fraction of sp³-hybridized carbons (Fsp3) is 0.379. The lowest BCUT2D eigenvalue weighted by molar-refractivity contribution is -0.172. The first-order valence-electron chi connectivity index (χ1n) is 12.9. The second-order valence-electron chi connectivity index (χ2n) is 9.76. The zero-order chi connectivity index (χ0) is 28.1. The van der Waals surface area contributed by atoms with Crippen LogP contribution in [0.2, 0.25) is 0 Å². The Labute approximate surface area is 224 Å². The number of carbonyl (C=O) groups excluding carboxylic acids is 2. The average Bonchev–Trinajstić information content (AvgIpc) is 3.29. The van der Waals surface area contributed by atoms with Crippen LogP contribution in [0, 0.1) is 24.6 Å². The highest BCUT2D eigenvalue weighted by Gasteiger charge is 2.45. The maximum Gasteiger partial charge on any atom is 0.343 e. The van der Waals surface area contributed by atoms with Gasteiger partial charge >= 0.3 is 5.97 Å². The van der Waals surface area contributed by atoms with E-state index >= 15 is 0 Å². The number of halogens is 1. The van der Waals surface area contributed by atoms with Gasteiger partial charge in [-0.25, -0.2) is 14.2 Å².